The van der Waals surface area contributed by atoms with Crippen LogP contribution in [0.3, 0.4) is 0 Å². The van der Waals surface area contributed by atoms with E-state index in [-0.39, 0.29) is 10.7 Å². The van der Waals surface area contributed by atoms with Gasteiger partial charge in [0.15, 0.2) is 17.5 Å². The van der Waals surface area contributed by atoms with Crippen molar-refractivity contribution in [3.8, 4) is 0 Å². The number of amides is 1. The first-order valence-corrected chi connectivity index (χ1v) is 5.67. The molecule has 7 heteroatoms. The van der Waals surface area contributed by atoms with E-state index in [1.807, 2.05) is 0 Å². The molecule has 0 radical (unpaired) electrons. The van der Waals surface area contributed by atoms with Gasteiger partial charge in [0, 0.05) is 22.8 Å². The van der Waals surface area contributed by atoms with E-state index in [0.717, 1.165) is 12.1 Å². The lowest BCUT2D eigenvalue weighted by Crippen LogP contribution is -2.14. The Hall–Kier alpha value is -2.08. The van der Waals surface area contributed by atoms with Crippen LogP contribution in [0, 0.1) is 23.3 Å². The molecule has 0 aromatic heterocycles. The van der Waals surface area contributed by atoms with E-state index in [1.54, 1.807) is 0 Å². The Balaban J connectivity index is 2.30. The summed E-state index contributed by atoms with van der Waals surface area (Å²) in [5.41, 5.74) is -0.742. The standard InChI is InChI=1S/C13H6ClF4NO/c14-6-1-2-9(15)8(3-6)13(20)19-7-4-10(16)12(18)11(17)5-7/h1-5H,(H,19,20). The zero-order valence-electron chi connectivity index (χ0n) is 9.68. The quantitative estimate of drug-likeness (QED) is 0.655. The lowest BCUT2D eigenvalue weighted by molar-refractivity contribution is 0.102. The first kappa shape index (κ1) is 14.3. The second-order valence-corrected chi connectivity index (χ2v) is 4.27. The third-order valence-corrected chi connectivity index (χ3v) is 2.65. The third kappa shape index (κ3) is 2.91. The number of anilines is 1. The Morgan fingerprint density at radius 3 is 2.15 bits per heavy atom. The summed E-state index contributed by atoms with van der Waals surface area (Å²) in [4.78, 5) is 11.7. The molecule has 0 bridgehead atoms. The van der Waals surface area contributed by atoms with Crippen molar-refractivity contribution in [2.45, 2.75) is 0 Å². The topological polar surface area (TPSA) is 29.1 Å². The number of hydrogen-bond acceptors (Lipinski definition) is 1. The van der Waals surface area contributed by atoms with Crippen molar-refractivity contribution in [1.82, 2.24) is 0 Å². The van der Waals surface area contributed by atoms with E-state index >= 15 is 0 Å². The Kier molecular flexibility index (Phi) is 3.94. The van der Waals surface area contributed by atoms with Gasteiger partial charge in [-0.2, -0.15) is 0 Å². The second kappa shape index (κ2) is 5.50. The van der Waals surface area contributed by atoms with Gasteiger partial charge in [-0.15, -0.1) is 0 Å². The number of benzene rings is 2. The summed E-state index contributed by atoms with van der Waals surface area (Å²) in [5.74, 6) is -6.40. The molecule has 0 fully saturated rings. The normalized spacial score (nSPS) is 10.4. The summed E-state index contributed by atoms with van der Waals surface area (Å²) >= 11 is 5.62. The molecule has 1 N–H and O–H groups in total. The maximum absolute atomic E-state index is 13.4. The van der Waals surface area contributed by atoms with Crippen LogP contribution in [0.25, 0.3) is 0 Å². The van der Waals surface area contributed by atoms with Crippen LogP contribution in [-0.2, 0) is 0 Å². The van der Waals surface area contributed by atoms with Gasteiger partial charge in [0.2, 0.25) is 0 Å². The van der Waals surface area contributed by atoms with E-state index in [9.17, 15) is 22.4 Å². The molecule has 0 saturated heterocycles. The predicted octanol–water partition coefficient (Wildman–Crippen LogP) is 4.15. The zero-order chi connectivity index (χ0) is 14.9. The van der Waals surface area contributed by atoms with Crippen LogP contribution >= 0.6 is 11.6 Å². The highest BCUT2D eigenvalue weighted by Gasteiger charge is 2.15. The molecule has 0 aliphatic rings. The van der Waals surface area contributed by atoms with E-state index in [4.69, 9.17) is 11.6 Å². The van der Waals surface area contributed by atoms with Crippen molar-refractivity contribution in [3.63, 3.8) is 0 Å². The molecule has 1 amide bonds. The molecular formula is C13H6ClF4NO. The van der Waals surface area contributed by atoms with Gasteiger partial charge in [-0.25, -0.2) is 17.6 Å². The van der Waals surface area contributed by atoms with Gasteiger partial charge in [-0.3, -0.25) is 4.79 Å². The van der Waals surface area contributed by atoms with Crippen LogP contribution < -0.4 is 5.32 Å². The SMILES string of the molecule is O=C(Nc1cc(F)c(F)c(F)c1)c1cc(Cl)ccc1F. The summed E-state index contributed by atoms with van der Waals surface area (Å²) in [5, 5.41) is 2.17. The Morgan fingerprint density at radius 2 is 1.55 bits per heavy atom. The molecular weight excluding hydrogens is 298 g/mol. The molecule has 2 rings (SSSR count). The van der Waals surface area contributed by atoms with Gasteiger partial charge in [0.1, 0.15) is 5.82 Å². The van der Waals surface area contributed by atoms with Crippen molar-refractivity contribution in [3.05, 3.63) is 64.2 Å². The van der Waals surface area contributed by atoms with E-state index in [2.05, 4.69) is 5.32 Å². The van der Waals surface area contributed by atoms with Gasteiger partial charge in [-0.05, 0) is 18.2 Å². The van der Waals surface area contributed by atoms with Crippen LogP contribution in [0.2, 0.25) is 5.02 Å². The van der Waals surface area contributed by atoms with Gasteiger partial charge >= 0.3 is 0 Å². The average molecular weight is 304 g/mol. The Morgan fingerprint density at radius 1 is 0.950 bits per heavy atom. The van der Waals surface area contributed by atoms with E-state index in [0.29, 0.717) is 12.1 Å². The minimum absolute atomic E-state index is 0.119. The van der Waals surface area contributed by atoms with Crippen molar-refractivity contribution in [1.29, 1.82) is 0 Å². The highest BCUT2D eigenvalue weighted by Crippen LogP contribution is 2.20. The third-order valence-electron chi connectivity index (χ3n) is 2.41. The summed E-state index contributed by atoms with van der Waals surface area (Å²) in [6.07, 6.45) is 0. The van der Waals surface area contributed by atoms with Crippen molar-refractivity contribution in [2.24, 2.45) is 0 Å². The molecule has 0 heterocycles. The number of hydrogen-bond donors (Lipinski definition) is 1. The lowest BCUT2D eigenvalue weighted by Gasteiger charge is -2.07. The van der Waals surface area contributed by atoms with E-state index < -0.39 is 34.7 Å². The van der Waals surface area contributed by atoms with Crippen LogP contribution in [0.1, 0.15) is 10.4 Å². The van der Waals surface area contributed by atoms with Gasteiger partial charge < -0.3 is 5.32 Å². The average Bonchev–Trinajstić information content (AvgIpc) is 2.38. The second-order valence-electron chi connectivity index (χ2n) is 3.83. The molecule has 0 aliphatic heterocycles. The minimum Gasteiger partial charge on any atom is -0.322 e. The molecule has 2 aromatic carbocycles. The molecule has 0 spiro atoms. The molecule has 2 aromatic rings. The Bertz CT molecular complexity index is 667. The molecule has 104 valence electrons. The molecule has 0 saturated carbocycles. The number of rotatable bonds is 2. The predicted molar refractivity (Wildman–Crippen MR) is 65.7 cm³/mol. The fourth-order valence-electron chi connectivity index (χ4n) is 1.50. The minimum atomic E-state index is -1.66. The van der Waals surface area contributed by atoms with Gasteiger partial charge in [0.05, 0.1) is 5.56 Å². The summed E-state index contributed by atoms with van der Waals surface area (Å²) in [6.45, 7) is 0. The zero-order valence-corrected chi connectivity index (χ0v) is 10.4. The molecule has 0 unspecified atom stereocenters. The first-order chi connectivity index (χ1) is 9.38. The van der Waals surface area contributed by atoms with Gasteiger partial charge in [-0.1, -0.05) is 11.6 Å². The highest BCUT2D eigenvalue weighted by atomic mass is 35.5. The largest absolute Gasteiger partial charge is 0.322 e. The summed E-state index contributed by atoms with van der Waals surface area (Å²) in [7, 11) is 0. The monoisotopic (exact) mass is 303 g/mol. The highest BCUT2D eigenvalue weighted by molar-refractivity contribution is 6.31. The van der Waals surface area contributed by atoms with Crippen LogP contribution in [0.4, 0.5) is 23.2 Å². The number of halogens is 5. The Labute approximate surface area is 116 Å². The number of nitrogens with one attached hydrogen (secondary N) is 1. The van der Waals surface area contributed by atoms with Crippen molar-refractivity contribution >= 4 is 23.2 Å². The van der Waals surface area contributed by atoms with Crippen molar-refractivity contribution < 1.29 is 22.4 Å². The number of carbonyl (C=O) groups is 1. The molecule has 2 nitrogen and oxygen atoms in total. The van der Waals surface area contributed by atoms with Crippen LogP contribution in [0.15, 0.2) is 30.3 Å². The summed E-state index contributed by atoms with van der Waals surface area (Å²) < 4.78 is 52.1. The molecule has 0 atom stereocenters. The van der Waals surface area contributed by atoms with Gasteiger partial charge in [0.25, 0.3) is 5.91 Å². The maximum Gasteiger partial charge on any atom is 0.258 e. The number of carbonyl (C=O) groups excluding carboxylic acids is 1. The lowest BCUT2D eigenvalue weighted by atomic mass is 10.2. The fourth-order valence-corrected chi connectivity index (χ4v) is 1.67. The smallest absolute Gasteiger partial charge is 0.258 e. The van der Waals surface area contributed by atoms with Crippen LogP contribution in [-0.4, -0.2) is 5.91 Å². The maximum atomic E-state index is 13.4. The van der Waals surface area contributed by atoms with Crippen LogP contribution in [0.5, 0.6) is 0 Å². The molecule has 20 heavy (non-hydrogen) atoms. The molecule has 0 aliphatic carbocycles. The summed E-state index contributed by atoms with van der Waals surface area (Å²) in [6, 6.07) is 4.44. The first-order valence-electron chi connectivity index (χ1n) is 5.29. The van der Waals surface area contributed by atoms with Crippen molar-refractivity contribution in [2.75, 3.05) is 5.32 Å². The van der Waals surface area contributed by atoms with E-state index in [1.165, 1.54) is 6.07 Å². The fraction of sp³-hybridized carbons (Fsp3) is 0.